The van der Waals surface area contributed by atoms with Crippen LogP contribution in [-0.4, -0.2) is 49.9 Å². The molecule has 1 heterocycles. The standard InChI is InChI=1S/C18H25F3N2O3.ClH/c19-18(20,21)26-13-6-4-12(5-7-13)17(24)10-23-15-3-1-2-14(15)16-11-25-9-8-22-16;/h4-7,14-17,22-24H,1-3,8-11H2;1H. The highest BCUT2D eigenvalue weighted by Gasteiger charge is 2.34. The quantitative estimate of drug-likeness (QED) is 0.673. The molecule has 1 aromatic carbocycles. The lowest BCUT2D eigenvalue weighted by Gasteiger charge is -2.33. The number of aliphatic hydroxyl groups is 1. The highest BCUT2D eigenvalue weighted by Crippen LogP contribution is 2.30. The second kappa shape index (κ2) is 9.93. The molecule has 5 nitrogen and oxygen atoms in total. The summed E-state index contributed by atoms with van der Waals surface area (Å²) in [6.45, 7) is 2.68. The topological polar surface area (TPSA) is 62.8 Å². The van der Waals surface area contributed by atoms with E-state index in [2.05, 4.69) is 15.4 Å². The number of hydrogen-bond acceptors (Lipinski definition) is 5. The van der Waals surface area contributed by atoms with Gasteiger partial charge in [0.15, 0.2) is 0 Å². The summed E-state index contributed by atoms with van der Waals surface area (Å²) in [5.74, 6) is 0.172. The zero-order chi connectivity index (χ0) is 18.6. The molecular weight excluding hydrogens is 385 g/mol. The molecule has 3 N–H and O–H groups in total. The van der Waals surface area contributed by atoms with E-state index in [1.807, 2.05) is 0 Å². The minimum atomic E-state index is -4.71. The van der Waals surface area contributed by atoms with Gasteiger partial charge in [0, 0.05) is 25.2 Å². The van der Waals surface area contributed by atoms with E-state index in [0.717, 1.165) is 32.4 Å². The van der Waals surface area contributed by atoms with Gasteiger partial charge in [0.1, 0.15) is 5.75 Å². The number of benzene rings is 1. The largest absolute Gasteiger partial charge is 0.573 e. The van der Waals surface area contributed by atoms with Crippen molar-refractivity contribution in [2.45, 2.75) is 43.8 Å². The maximum Gasteiger partial charge on any atom is 0.573 e. The highest BCUT2D eigenvalue weighted by molar-refractivity contribution is 5.85. The normalized spacial score (nSPS) is 27.0. The molecule has 0 radical (unpaired) electrons. The SMILES string of the molecule is Cl.OC(CNC1CCCC1C1COCCN1)c1ccc(OC(F)(F)F)cc1. The first kappa shape index (κ1) is 22.2. The molecule has 9 heteroatoms. The maximum atomic E-state index is 12.2. The van der Waals surface area contributed by atoms with Crippen LogP contribution in [0.1, 0.15) is 30.9 Å². The van der Waals surface area contributed by atoms with Crippen molar-refractivity contribution >= 4 is 12.4 Å². The molecule has 1 aliphatic carbocycles. The lowest BCUT2D eigenvalue weighted by atomic mass is 9.93. The fourth-order valence-electron chi connectivity index (χ4n) is 3.86. The van der Waals surface area contributed by atoms with Gasteiger partial charge >= 0.3 is 6.36 Å². The summed E-state index contributed by atoms with van der Waals surface area (Å²) in [4.78, 5) is 0. The van der Waals surface area contributed by atoms with Crippen molar-refractivity contribution in [3.05, 3.63) is 29.8 Å². The molecule has 3 rings (SSSR count). The van der Waals surface area contributed by atoms with Gasteiger partial charge < -0.3 is 25.2 Å². The fourth-order valence-corrected chi connectivity index (χ4v) is 3.86. The van der Waals surface area contributed by atoms with Gasteiger partial charge in [-0.2, -0.15) is 0 Å². The number of halogens is 4. The van der Waals surface area contributed by atoms with E-state index < -0.39 is 12.5 Å². The third kappa shape index (κ3) is 6.50. The summed E-state index contributed by atoms with van der Waals surface area (Å²) in [7, 11) is 0. The van der Waals surface area contributed by atoms with Crippen LogP contribution in [0.3, 0.4) is 0 Å². The maximum absolute atomic E-state index is 12.2. The minimum absolute atomic E-state index is 0. The molecule has 0 spiro atoms. The Labute approximate surface area is 163 Å². The third-order valence-corrected chi connectivity index (χ3v) is 5.11. The molecule has 1 saturated heterocycles. The van der Waals surface area contributed by atoms with Gasteiger partial charge in [-0.1, -0.05) is 18.6 Å². The van der Waals surface area contributed by atoms with E-state index >= 15 is 0 Å². The Balaban J connectivity index is 0.00000261. The van der Waals surface area contributed by atoms with Crippen LogP contribution in [0.5, 0.6) is 5.75 Å². The lowest BCUT2D eigenvalue weighted by molar-refractivity contribution is -0.274. The van der Waals surface area contributed by atoms with E-state index in [0.29, 0.717) is 36.7 Å². The Bertz CT molecular complexity index is 568. The van der Waals surface area contributed by atoms with Crippen molar-refractivity contribution in [2.75, 3.05) is 26.3 Å². The van der Waals surface area contributed by atoms with E-state index in [-0.39, 0.29) is 18.2 Å². The molecule has 1 saturated carbocycles. The van der Waals surface area contributed by atoms with E-state index in [9.17, 15) is 18.3 Å². The van der Waals surface area contributed by atoms with Crippen LogP contribution in [0.4, 0.5) is 13.2 Å². The second-order valence-corrected chi connectivity index (χ2v) is 6.88. The van der Waals surface area contributed by atoms with Crippen LogP contribution in [-0.2, 0) is 4.74 Å². The zero-order valence-electron chi connectivity index (χ0n) is 14.9. The molecule has 1 aromatic rings. The monoisotopic (exact) mass is 410 g/mol. The molecule has 0 bridgehead atoms. The van der Waals surface area contributed by atoms with Gasteiger partial charge in [-0.15, -0.1) is 25.6 Å². The van der Waals surface area contributed by atoms with Gasteiger partial charge in [0.2, 0.25) is 0 Å². The van der Waals surface area contributed by atoms with Crippen molar-refractivity contribution in [3.63, 3.8) is 0 Å². The minimum Gasteiger partial charge on any atom is -0.406 e. The van der Waals surface area contributed by atoms with Gasteiger partial charge in [-0.25, -0.2) is 0 Å². The third-order valence-electron chi connectivity index (χ3n) is 5.11. The van der Waals surface area contributed by atoms with Crippen LogP contribution >= 0.6 is 12.4 Å². The zero-order valence-corrected chi connectivity index (χ0v) is 15.7. The van der Waals surface area contributed by atoms with Crippen LogP contribution < -0.4 is 15.4 Å². The molecule has 1 aliphatic heterocycles. The number of rotatable bonds is 6. The molecule has 2 fully saturated rings. The van der Waals surface area contributed by atoms with Crippen LogP contribution in [0, 0.1) is 5.92 Å². The first-order valence-corrected chi connectivity index (χ1v) is 9.00. The average Bonchev–Trinajstić information content (AvgIpc) is 3.08. The summed E-state index contributed by atoms with van der Waals surface area (Å²) >= 11 is 0. The van der Waals surface area contributed by atoms with Crippen LogP contribution in [0.15, 0.2) is 24.3 Å². The molecule has 2 aliphatic rings. The Morgan fingerprint density at radius 1 is 1.26 bits per heavy atom. The van der Waals surface area contributed by atoms with Crippen molar-refractivity contribution in [2.24, 2.45) is 5.92 Å². The van der Waals surface area contributed by atoms with E-state index in [1.165, 1.54) is 24.3 Å². The molecule has 0 aromatic heterocycles. The fraction of sp³-hybridized carbons (Fsp3) is 0.667. The van der Waals surface area contributed by atoms with Crippen LogP contribution in [0.25, 0.3) is 0 Å². The van der Waals surface area contributed by atoms with Gasteiger partial charge in [0.05, 0.1) is 19.3 Å². The Kier molecular flexibility index (Phi) is 8.18. The van der Waals surface area contributed by atoms with Gasteiger partial charge in [0.25, 0.3) is 0 Å². The smallest absolute Gasteiger partial charge is 0.406 e. The molecule has 27 heavy (non-hydrogen) atoms. The number of morpholine rings is 1. The predicted molar refractivity (Wildman–Crippen MR) is 97.1 cm³/mol. The summed E-state index contributed by atoms with van der Waals surface area (Å²) in [6, 6.07) is 5.98. The van der Waals surface area contributed by atoms with Gasteiger partial charge in [-0.3, -0.25) is 0 Å². The van der Waals surface area contributed by atoms with E-state index in [1.54, 1.807) is 0 Å². The predicted octanol–water partition coefficient (Wildman–Crippen LogP) is 2.79. The van der Waals surface area contributed by atoms with Crippen molar-refractivity contribution in [3.8, 4) is 5.75 Å². The lowest BCUT2D eigenvalue weighted by Crippen LogP contribution is -2.51. The molecular formula is C18H26ClF3N2O3. The van der Waals surface area contributed by atoms with Crippen molar-refractivity contribution < 1.29 is 27.8 Å². The Morgan fingerprint density at radius 3 is 2.63 bits per heavy atom. The molecule has 4 atom stereocenters. The number of hydrogen-bond donors (Lipinski definition) is 3. The first-order valence-electron chi connectivity index (χ1n) is 9.00. The number of aliphatic hydroxyl groups excluding tert-OH is 1. The molecule has 4 unspecified atom stereocenters. The van der Waals surface area contributed by atoms with E-state index in [4.69, 9.17) is 4.74 Å². The first-order chi connectivity index (χ1) is 12.4. The summed E-state index contributed by atoms with van der Waals surface area (Å²) < 4.78 is 46.0. The van der Waals surface area contributed by atoms with Crippen molar-refractivity contribution in [1.82, 2.24) is 10.6 Å². The number of alkyl halides is 3. The van der Waals surface area contributed by atoms with Crippen molar-refractivity contribution in [1.29, 1.82) is 0 Å². The Morgan fingerprint density at radius 2 is 2.00 bits per heavy atom. The number of nitrogens with one attached hydrogen (secondary N) is 2. The summed E-state index contributed by atoms with van der Waals surface area (Å²) in [6.07, 6.45) is -2.19. The van der Waals surface area contributed by atoms with Gasteiger partial charge in [-0.05, 0) is 36.5 Å². The number of ether oxygens (including phenoxy) is 2. The molecule has 0 amide bonds. The summed E-state index contributed by atoms with van der Waals surface area (Å²) in [5, 5.41) is 17.3. The summed E-state index contributed by atoms with van der Waals surface area (Å²) in [5.41, 5.74) is 0.556. The van der Waals surface area contributed by atoms with Crippen LogP contribution in [0.2, 0.25) is 0 Å². The Hall–Kier alpha value is -1.06. The molecule has 154 valence electrons. The highest BCUT2D eigenvalue weighted by atomic mass is 35.5. The second-order valence-electron chi connectivity index (χ2n) is 6.88. The average molecular weight is 411 g/mol.